The van der Waals surface area contributed by atoms with Crippen LogP contribution in [0.1, 0.15) is 18.1 Å². The first-order valence-corrected chi connectivity index (χ1v) is 5.85. The second-order valence-corrected chi connectivity index (χ2v) is 5.21. The Morgan fingerprint density at radius 2 is 2.27 bits per heavy atom. The fourth-order valence-corrected chi connectivity index (χ4v) is 2.61. The number of aliphatic hydroxyl groups is 1. The summed E-state index contributed by atoms with van der Waals surface area (Å²) in [5.74, 6) is 0.818. The molecule has 2 aliphatic heterocycles. The lowest BCUT2D eigenvalue weighted by atomic mass is 9.84. The molecule has 0 saturated carbocycles. The van der Waals surface area contributed by atoms with Gasteiger partial charge in [-0.25, -0.2) is 0 Å². The van der Waals surface area contributed by atoms with Gasteiger partial charge in [-0.3, -0.25) is 0 Å². The Hall–Kier alpha value is -0.580. The standard InChI is InChI=1S/C11H12BrNO2/c12-7-1-2-10-8(3-7)9(14)4-11(15-10)5-13-6-11/h1-3,9,13-14H,4-6H2/t9-/m0/s1. The van der Waals surface area contributed by atoms with E-state index in [-0.39, 0.29) is 5.60 Å². The predicted molar refractivity (Wildman–Crippen MR) is 59.9 cm³/mol. The predicted octanol–water partition coefficient (Wildman–Crippen LogP) is 1.61. The Morgan fingerprint density at radius 3 is 2.93 bits per heavy atom. The molecule has 1 fully saturated rings. The number of hydrogen-bond acceptors (Lipinski definition) is 3. The molecule has 1 atom stereocenters. The summed E-state index contributed by atoms with van der Waals surface area (Å²) in [4.78, 5) is 0. The lowest BCUT2D eigenvalue weighted by molar-refractivity contribution is -0.0482. The van der Waals surface area contributed by atoms with Crippen molar-refractivity contribution in [1.29, 1.82) is 0 Å². The molecule has 0 aromatic heterocycles. The van der Waals surface area contributed by atoms with Crippen molar-refractivity contribution in [3.8, 4) is 5.75 Å². The summed E-state index contributed by atoms with van der Waals surface area (Å²) >= 11 is 3.40. The van der Waals surface area contributed by atoms with Gasteiger partial charge in [-0.05, 0) is 18.2 Å². The van der Waals surface area contributed by atoms with Crippen molar-refractivity contribution in [3.63, 3.8) is 0 Å². The van der Waals surface area contributed by atoms with Gasteiger partial charge in [0.15, 0.2) is 0 Å². The van der Waals surface area contributed by atoms with Crippen LogP contribution in [0.25, 0.3) is 0 Å². The zero-order valence-corrected chi connectivity index (χ0v) is 9.75. The van der Waals surface area contributed by atoms with Crippen LogP contribution in [-0.2, 0) is 0 Å². The van der Waals surface area contributed by atoms with Crippen LogP contribution in [0.2, 0.25) is 0 Å². The molecule has 4 heteroatoms. The maximum absolute atomic E-state index is 10.1. The van der Waals surface area contributed by atoms with Gasteiger partial charge < -0.3 is 15.2 Å². The van der Waals surface area contributed by atoms with E-state index in [4.69, 9.17) is 4.74 Å². The van der Waals surface area contributed by atoms with Crippen molar-refractivity contribution in [2.24, 2.45) is 0 Å². The Bertz CT molecular complexity index is 404. The third kappa shape index (κ3) is 1.48. The SMILES string of the molecule is O[C@H]1CC2(CNC2)Oc2ccc(Br)cc21. The van der Waals surface area contributed by atoms with Crippen LogP contribution in [0.15, 0.2) is 22.7 Å². The highest BCUT2D eigenvalue weighted by Crippen LogP contribution is 2.42. The van der Waals surface area contributed by atoms with Crippen LogP contribution < -0.4 is 10.1 Å². The van der Waals surface area contributed by atoms with E-state index in [0.29, 0.717) is 6.42 Å². The molecule has 1 saturated heterocycles. The van der Waals surface area contributed by atoms with Gasteiger partial charge in [-0.2, -0.15) is 0 Å². The summed E-state index contributed by atoms with van der Waals surface area (Å²) in [5.41, 5.74) is 0.724. The van der Waals surface area contributed by atoms with Crippen molar-refractivity contribution >= 4 is 15.9 Å². The largest absolute Gasteiger partial charge is 0.484 e. The van der Waals surface area contributed by atoms with Crippen molar-refractivity contribution in [2.45, 2.75) is 18.1 Å². The molecule has 1 spiro atoms. The highest BCUT2D eigenvalue weighted by atomic mass is 79.9. The maximum atomic E-state index is 10.1. The summed E-state index contributed by atoms with van der Waals surface area (Å²) in [6, 6.07) is 5.79. The number of ether oxygens (including phenoxy) is 1. The molecule has 80 valence electrons. The number of aliphatic hydroxyl groups excluding tert-OH is 1. The molecule has 3 nitrogen and oxygen atoms in total. The molecule has 15 heavy (non-hydrogen) atoms. The topological polar surface area (TPSA) is 41.5 Å². The average Bonchev–Trinajstić information content (AvgIpc) is 2.16. The van der Waals surface area contributed by atoms with Gasteiger partial charge in [-0.15, -0.1) is 0 Å². The molecular weight excluding hydrogens is 258 g/mol. The fourth-order valence-electron chi connectivity index (χ4n) is 2.23. The number of hydrogen-bond donors (Lipinski definition) is 2. The summed E-state index contributed by atoms with van der Waals surface area (Å²) < 4.78 is 6.92. The summed E-state index contributed by atoms with van der Waals surface area (Å²) in [6.07, 6.45) is 0.275. The van der Waals surface area contributed by atoms with E-state index in [1.807, 2.05) is 18.2 Å². The van der Waals surface area contributed by atoms with Crippen molar-refractivity contribution < 1.29 is 9.84 Å². The summed E-state index contributed by atoms with van der Waals surface area (Å²) in [5, 5.41) is 13.2. The van der Waals surface area contributed by atoms with E-state index in [2.05, 4.69) is 21.2 Å². The average molecular weight is 270 g/mol. The van der Waals surface area contributed by atoms with Crippen molar-refractivity contribution in [2.75, 3.05) is 13.1 Å². The highest BCUT2D eigenvalue weighted by Gasteiger charge is 2.45. The van der Waals surface area contributed by atoms with Crippen LogP contribution in [0.5, 0.6) is 5.75 Å². The Labute approximate surface area is 96.6 Å². The first-order valence-electron chi connectivity index (χ1n) is 5.06. The number of rotatable bonds is 0. The van der Waals surface area contributed by atoms with Crippen LogP contribution in [-0.4, -0.2) is 23.8 Å². The number of fused-ring (bicyclic) bond motifs is 1. The van der Waals surface area contributed by atoms with E-state index in [1.165, 1.54) is 0 Å². The van der Waals surface area contributed by atoms with Crippen LogP contribution >= 0.6 is 15.9 Å². The van der Waals surface area contributed by atoms with E-state index in [1.54, 1.807) is 0 Å². The number of nitrogens with one attached hydrogen (secondary N) is 1. The third-order valence-electron chi connectivity index (χ3n) is 3.12. The summed E-state index contributed by atoms with van der Waals surface area (Å²) in [6.45, 7) is 1.67. The lowest BCUT2D eigenvalue weighted by Gasteiger charge is -2.47. The third-order valence-corrected chi connectivity index (χ3v) is 3.61. The molecule has 1 aromatic rings. The first kappa shape index (κ1) is 9.63. The number of halogens is 1. The molecule has 0 aliphatic carbocycles. The smallest absolute Gasteiger partial charge is 0.136 e. The van der Waals surface area contributed by atoms with Gasteiger partial charge in [0.25, 0.3) is 0 Å². The van der Waals surface area contributed by atoms with Gasteiger partial charge in [0.1, 0.15) is 11.4 Å². The second-order valence-electron chi connectivity index (χ2n) is 4.29. The zero-order chi connectivity index (χ0) is 10.5. The molecule has 0 radical (unpaired) electrons. The van der Waals surface area contributed by atoms with Crippen molar-refractivity contribution in [1.82, 2.24) is 5.32 Å². The van der Waals surface area contributed by atoms with Gasteiger partial charge in [0.2, 0.25) is 0 Å². The molecule has 0 unspecified atom stereocenters. The normalized spacial score (nSPS) is 26.7. The molecule has 0 amide bonds. The second kappa shape index (κ2) is 3.20. The van der Waals surface area contributed by atoms with Crippen LogP contribution in [0.4, 0.5) is 0 Å². The quantitative estimate of drug-likeness (QED) is 0.752. The van der Waals surface area contributed by atoms with Crippen LogP contribution in [0.3, 0.4) is 0 Å². The molecule has 2 aliphatic rings. The molecule has 0 bridgehead atoms. The van der Waals surface area contributed by atoms with Crippen LogP contribution in [0, 0.1) is 0 Å². The first-order chi connectivity index (χ1) is 7.19. The minimum absolute atomic E-state index is 0.166. The van der Waals surface area contributed by atoms with Gasteiger partial charge in [-0.1, -0.05) is 15.9 Å². The fraction of sp³-hybridized carbons (Fsp3) is 0.455. The molecule has 2 N–H and O–H groups in total. The maximum Gasteiger partial charge on any atom is 0.136 e. The van der Waals surface area contributed by atoms with E-state index >= 15 is 0 Å². The molecule has 2 heterocycles. The van der Waals surface area contributed by atoms with E-state index in [9.17, 15) is 5.11 Å². The van der Waals surface area contributed by atoms with Gasteiger partial charge in [0.05, 0.1) is 6.10 Å². The van der Waals surface area contributed by atoms with E-state index in [0.717, 1.165) is 28.9 Å². The number of benzene rings is 1. The van der Waals surface area contributed by atoms with E-state index < -0.39 is 6.10 Å². The highest BCUT2D eigenvalue weighted by molar-refractivity contribution is 9.10. The lowest BCUT2D eigenvalue weighted by Crippen LogP contribution is -2.64. The summed E-state index contributed by atoms with van der Waals surface area (Å²) in [7, 11) is 0. The Morgan fingerprint density at radius 1 is 1.47 bits per heavy atom. The zero-order valence-electron chi connectivity index (χ0n) is 8.16. The molecule has 1 aromatic carbocycles. The van der Waals surface area contributed by atoms with Gasteiger partial charge in [0, 0.05) is 29.5 Å². The van der Waals surface area contributed by atoms with Gasteiger partial charge >= 0.3 is 0 Å². The minimum atomic E-state index is -0.409. The minimum Gasteiger partial charge on any atom is -0.484 e. The monoisotopic (exact) mass is 269 g/mol. The molecular formula is C11H12BrNO2. The van der Waals surface area contributed by atoms with Crippen molar-refractivity contribution in [3.05, 3.63) is 28.2 Å². The Balaban J connectivity index is 2.01. The molecule has 3 rings (SSSR count). The Kier molecular flexibility index (Phi) is 2.06.